The molecule has 140 valence electrons. The van der Waals surface area contributed by atoms with E-state index in [4.69, 9.17) is 4.74 Å². The van der Waals surface area contributed by atoms with Crippen molar-refractivity contribution in [2.75, 3.05) is 35.9 Å². The van der Waals surface area contributed by atoms with Crippen LogP contribution < -0.4 is 9.62 Å². The summed E-state index contributed by atoms with van der Waals surface area (Å²) in [5.74, 6) is 0.148. The monoisotopic (exact) mass is 384 g/mol. The minimum atomic E-state index is -3.74. The molecule has 7 heteroatoms. The summed E-state index contributed by atoms with van der Waals surface area (Å²) in [5.41, 5.74) is 1.04. The average molecular weight is 384 g/mol. The van der Waals surface area contributed by atoms with Crippen molar-refractivity contribution in [2.45, 2.75) is 4.90 Å². The molecule has 1 heterocycles. The lowest BCUT2D eigenvalue weighted by atomic mass is 10.1. The van der Waals surface area contributed by atoms with E-state index in [0.29, 0.717) is 48.5 Å². The van der Waals surface area contributed by atoms with Gasteiger partial charge in [0.15, 0.2) is 0 Å². The van der Waals surface area contributed by atoms with E-state index >= 15 is 0 Å². The van der Waals surface area contributed by atoms with Gasteiger partial charge in [0, 0.05) is 23.9 Å². The van der Waals surface area contributed by atoms with E-state index in [9.17, 15) is 13.5 Å². The molecule has 0 spiro atoms. The second-order valence-corrected chi connectivity index (χ2v) is 8.04. The maximum absolute atomic E-state index is 12.8. The summed E-state index contributed by atoms with van der Waals surface area (Å²) in [4.78, 5) is 2.20. The maximum atomic E-state index is 12.8. The summed E-state index contributed by atoms with van der Waals surface area (Å²) in [6, 6.07) is 17.1. The molecule has 0 amide bonds. The van der Waals surface area contributed by atoms with Crippen molar-refractivity contribution in [3.63, 3.8) is 0 Å². The zero-order valence-electron chi connectivity index (χ0n) is 14.6. The zero-order chi connectivity index (χ0) is 18.9. The number of ether oxygens (including phenoxy) is 1. The Balaban J connectivity index is 1.83. The highest BCUT2D eigenvalue weighted by atomic mass is 32.2. The first-order valence-electron chi connectivity index (χ1n) is 8.71. The van der Waals surface area contributed by atoms with E-state index < -0.39 is 10.0 Å². The van der Waals surface area contributed by atoms with Gasteiger partial charge in [0.05, 0.1) is 29.5 Å². The third-order valence-electron chi connectivity index (χ3n) is 4.65. The van der Waals surface area contributed by atoms with Crippen molar-refractivity contribution in [1.82, 2.24) is 0 Å². The molecule has 0 saturated carbocycles. The second kappa shape index (κ2) is 7.09. The minimum absolute atomic E-state index is 0.148. The molecule has 2 N–H and O–H groups in total. The van der Waals surface area contributed by atoms with E-state index in [0.717, 1.165) is 0 Å². The van der Waals surface area contributed by atoms with Gasteiger partial charge in [0.25, 0.3) is 10.0 Å². The van der Waals surface area contributed by atoms with Crippen molar-refractivity contribution < 1.29 is 18.3 Å². The highest BCUT2D eigenvalue weighted by Crippen LogP contribution is 2.40. The molecule has 0 atom stereocenters. The number of nitrogens with one attached hydrogen (secondary N) is 1. The SMILES string of the molecule is O=S(=O)(Nc1cc(N2CCOCC2)c(O)c2ccccc12)c1ccccc1. The van der Waals surface area contributed by atoms with Gasteiger partial charge in [-0.1, -0.05) is 42.5 Å². The largest absolute Gasteiger partial charge is 0.505 e. The highest BCUT2D eigenvalue weighted by Gasteiger charge is 2.21. The Morgan fingerprint density at radius 2 is 1.56 bits per heavy atom. The lowest BCUT2D eigenvalue weighted by molar-refractivity contribution is 0.122. The molecule has 1 saturated heterocycles. The molecule has 3 aromatic rings. The summed E-state index contributed by atoms with van der Waals surface area (Å²) < 4.78 is 33.7. The molecule has 27 heavy (non-hydrogen) atoms. The number of anilines is 2. The van der Waals surface area contributed by atoms with E-state index in [1.54, 1.807) is 48.5 Å². The van der Waals surface area contributed by atoms with Crippen LogP contribution >= 0.6 is 0 Å². The Morgan fingerprint density at radius 3 is 2.26 bits per heavy atom. The molecule has 3 aromatic carbocycles. The molecule has 0 radical (unpaired) electrons. The van der Waals surface area contributed by atoms with Crippen LogP contribution in [-0.2, 0) is 14.8 Å². The second-order valence-electron chi connectivity index (χ2n) is 6.36. The molecule has 0 bridgehead atoms. The van der Waals surface area contributed by atoms with E-state index in [-0.39, 0.29) is 10.6 Å². The first-order valence-corrected chi connectivity index (χ1v) is 10.2. The van der Waals surface area contributed by atoms with Gasteiger partial charge in [-0.05, 0) is 18.2 Å². The van der Waals surface area contributed by atoms with Gasteiger partial charge in [-0.25, -0.2) is 8.42 Å². The Morgan fingerprint density at radius 1 is 0.926 bits per heavy atom. The molecular formula is C20H20N2O4S. The van der Waals surface area contributed by atoms with Crippen LogP contribution in [0, 0.1) is 0 Å². The van der Waals surface area contributed by atoms with Crippen LogP contribution in [0.25, 0.3) is 10.8 Å². The molecule has 1 aliphatic heterocycles. The van der Waals surface area contributed by atoms with Crippen LogP contribution in [0.2, 0.25) is 0 Å². The third-order valence-corrected chi connectivity index (χ3v) is 6.03. The number of nitrogens with zero attached hydrogens (tertiary/aromatic N) is 1. The van der Waals surface area contributed by atoms with Gasteiger partial charge in [0.2, 0.25) is 0 Å². The normalized spacial score (nSPS) is 15.0. The zero-order valence-corrected chi connectivity index (χ0v) is 15.4. The molecule has 4 rings (SSSR count). The number of hydrogen-bond donors (Lipinski definition) is 2. The van der Waals surface area contributed by atoms with Crippen LogP contribution in [0.3, 0.4) is 0 Å². The molecule has 6 nitrogen and oxygen atoms in total. The summed E-state index contributed by atoms with van der Waals surface area (Å²) in [5, 5.41) is 12.0. The Kier molecular flexibility index (Phi) is 4.63. The van der Waals surface area contributed by atoms with E-state index in [2.05, 4.69) is 4.72 Å². The fourth-order valence-corrected chi connectivity index (χ4v) is 4.37. The number of sulfonamides is 1. The van der Waals surface area contributed by atoms with Crippen molar-refractivity contribution >= 4 is 32.2 Å². The van der Waals surface area contributed by atoms with Crippen LogP contribution in [-0.4, -0.2) is 39.8 Å². The van der Waals surface area contributed by atoms with Crippen molar-refractivity contribution in [1.29, 1.82) is 0 Å². The Labute approximate surface area is 158 Å². The number of benzene rings is 3. The van der Waals surface area contributed by atoms with Crippen LogP contribution in [0.1, 0.15) is 0 Å². The first kappa shape index (κ1) is 17.6. The number of phenolic OH excluding ortho intramolecular Hbond substituents is 1. The Bertz CT molecular complexity index is 1060. The summed E-state index contributed by atoms with van der Waals surface area (Å²) in [6.45, 7) is 2.40. The quantitative estimate of drug-likeness (QED) is 0.676. The Hall–Kier alpha value is -2.77. The minimum Gasteiger partial charge on any atom is -0.505 e. The predicted molar refractivity (Wildman–Crippen MR) is 106 cm³/mol. The van der Waals surface area contributed by atoms with Gasteiger partial charge < -0.3 is 14.7 Å². The number of phenols is 1. The number of aromatic hydroxyl groups is 1. The van der Waals surface area contributed by atoms with Gasteiger partial charge in [-0.3, -0.25) is 4.72 Å². The van der Waals surface area contributed by atoms with Crippen molar-refractivity contribution in [3.05, 3.63) is 60.7 Å². The smallest absolute Gasteiger partial charge is 0.261 e. The molecule has 1 fully saturated rings. The van der Waals surface area contributed by atoms with Gasteiger partial charge in [-0.15, -0.1) is 0 Å². The first-order chi connectivity index (χ1) is 13.1. The number of fused-ring (bicyclic) bond motifs is 1. The van der Waals surface area contributed by atoms with Crippen molar-refractivity contribution in [2.24, 2.45) is 0 Å². The lowest BCUT2D eigenvalue weighted by Gasteiger charge is -2.30. The number of hydrogen-bond acceptors (Lipinski definition) is 5. The number of rotatable bonds is 4. The van der Waals surface area contributed by atoms with E-state index in [1.807, 2.05) is 17.0 Å². The standard InChI is InChI=1S/C20H20N2O4S/c23-20-17-9-5-4-8-16(17)18(14-19(20)22-10-12-26-13-11-22)21-27(24,25)15-6-2-1-3-7-15/h1-9,14,21,23H,10-13H2. The topological polar surface area (TPSA) is 78.9 Å². The number of morpholine rings is 1. The fraction of sp³-hybridized carbons (Fsp3) is 0.200. The van der Waals surface area contributed by atoms with Crippen LogP contribution in [0.5, 0.6) is 5.75 Å². The van der Waals surface area contributed by atoms with Gasteiger partial charge in [-0.2, -0.15) is 0 Å². The molecular weight excluding hydrogens is 364 g/mol. The maximum Gasteiger partial charge on any atom is 0.261 e. The van der Waals surface area contributed by atoms with E-state index in [1.165, 1.54) is 0 Å². The summed E-state index contributed by atoms with van der Waals surface area (Å²) in [6.07, 6.45) is 0. The molecule has 0 aliphatic carbocycles. The fourth-order valence-electron chi connectivity index (χ4n) is 3.28. The van der Waals surface area contributed by atoms with Crippen LogP contribution in [0.4, 0.5) is 11.4 Å². The third kappa shape index (κ3) is 3.43. The molecule has 0 unspecified atom stereocenters. The summed E-state index contributed by atoms with van der Waals surface area (Å²) in [7, 11) is -3.74. The molecule has 1 aliphatic rings. The van der Waals surface area contributed by atoms with Gasteiger partial charge >= 0.3 is 0 Å². The predicted octanol–water partition coefficient (Wildman–Crippen LogP) is 3.18. The van der Waals surface area contributed by atoms with Gasteiger partial charge in [0.1, 0.15) is 5.75 Å². The van der Waals surface area contributed by atoms with Crippen molar-refractivity contribution in [3.8, 4) is 5.75 Å². The average Bonchev–Trinajstić information content (AvgIpc) is 2.71. The van der Waals surface area contributed by atoms with Crippen LogP contribution in [0.15, 0.2) is 65.6 Å². The molecule has 0 aromatic heterocycles. The summed E-state index contributed by atoms with van der Waals surface area (Å²) >= 11 is 0. The lowest BCUT2D eigenvalue weighted by Crippen LogP contribution is -2.36. The highest BCUT2D eigenvalue weighted by molar-refractivity contribution is 7.92.